The first-order chi connectivity index (χ1) is 18.9. The number of fused-ring (bicyclic) bond motifs is 5. The second-order valence-corrected chi connectivity index (χ2v) is 14.4. The SMILES string of the molecule is C[C@H](CCCC(=O)O)[C@H]1CC[C@H]2[C@@H]3CC[C@@H]4C[C@H](O[C@@H]5O[C@H](C(=O)O)[C@@H](O)[C@H](O)[C@H]5O)CC[C@]4(C)[C@H]3CC[C@]12C. The lowest BCUT2D eigenvalue weighted by Crippen LogP contribution is -2.61. The highest BCUT2D eigenvalue weighted by Crippen LogP contribution is 2.68. The van der Waals surface area contributed by atoms with Gasteiger partial charge in [-0.3, -0.25) is 4.79 Å². The Bertz CT molecular complexity index is 942. The average Bonchev–Trinajstić information content (AvgIpc) is 3.26. The molecule has 5 N–H and O–H groups in total. The lowest BCUT2D eigenvalue weighted by Gasteiger charge is -2.61. The molecule has 4 aliphatic carbocycles. The zero-order valence-electron chi connectivity index (χ0n) is 24.3. The van der Waals surface area contributed by atoms with Gasteiger partial charge in [-0.05, 0) is 117 Å². The Balaban J connectivity index is 1.22. The number of hydrogen-bond acceptors (Lipinski definition) is 7. The van der Waals surface area contributed by atoms with Gasteiger partial charge < -0.3 is 35.0 Å². The molecular formula is C31H50O9. The summed E-state index contributed by atoms with van der Waals surface area (Å²) in [6.45, 7) is 7.35. The van der Waals surface area contributed by atoms with Gasteiger partial charge in [-0.2, -0.15) is 0 Å². The fraction of sp³-hybridized carbons (Fsp3) is 0.935. The van der Waals surface area contributed by atoms with Crippen LogP contribution in [-0.2, 0) is 19.1 Å². The molecule has 5 rings (SSSR count). The van der Waals surface area contributed by atoms with Crippen molar-refractivity contribution < 1.29 is 44.6 Å². The van der Waals surface area contributed by atoms with Gasteiger partial charge >= 0.3 is 11.9 Å². The summed E-state index contributed by atoms with van der Waals surface area (Å²) in [6, 6.07) is 0. The highest BCUT2D eigenvalue weighted by molar-refractivity contribution is 5.73. The Labute approximate surface area is 237 Å². The first-order valence-corrected chi connectivity index (χ1v) is 15.7. The lowest BCUT2D eigenvalue weighted by molar-refractivity contribution is -0.309. The summed E-state index contributed by atoms with van der Waals surface area (Å²) < 4.78 is 11.5. The van der Waals surface area contributed by atoms with Crippen molar-refractivity contribution in [3.63, 3.8) is 0 Å². The summed E-state index contributed by atoms with van der Waals surface area (Å²) in [5, 5.41) is 49.1. The highest BCUT2D eigenvalue weighted by atomic mass is 16.7. The minimum atomic E-state index is -1.71. The maximum atomic E-state index is 11.5. The molecule has 14 atom stereocenters. The molecule has 0 radical (unpaired) electrons. The molecule has 4 saturated carbocycles. The fourth-order valence-electron chi connectivity index (χ4n) is 10.4. The van der Waals surface area contributed by atoms with E-state index in [1.54, 1.807) is 0 Å². The van der Waals surface area contributed by atoms with Gasteiger partial charge in [0.15, 0.2) is 12.4 Å². The van der Waals surface area contributed by atoms with E-state index in [-0.39, 0.29) is 17.9 Å². The van der Waals surface area contributed by atoms with Crippen molar-refractivity contribution in [1.29, 1.82) is 0 Å². The van der Waals surface area contributed by atoms with Crippen LogP contribution in [0, 0.1) is 46.3 Å². The molecule has 0 aromatic heterocycles. The Hall–Kier alpha value is -1.26. The van der Waals surface area contributed by atoms with E-state index < -0.39 is 42.6 Å². The van der Waals surface area contributed by atoms with Gasteiger partial charge in [0.25, 0.3) is 0 Å². The van der Waals surface area contributed by atoms with Gasteiger partial charge in [0.1, 0.15) is 18.3 Å². The van der Waals surface area contributed by atoms with E-state index in [1.165, 1.54) is 32.1 Å². The van der Waals surface area contributed by atoms with Gasteiger partial charge in [0, 0.05) is 6.42 Å². The van der Waals surface area contributed by atoms with Crippen LogP contribution in [0.5, 0.6) is 0 Å². The molecule has 5 aliphatic rings. The predicted molar refractivity (Wildman–Crippen MR) is 145 cm³/mol. The molecule has 0 aromatic rings. The zero-order valence-corrected chi connectivity index (χ0v) is 24.3. The molecule has 0 amide bonds. The minimum Gasteiger partial charge on any atom is -0.481 e. The van der Waals surface area contributed by atoms with E-state index in [4.69, 9.17) is 14.6 Å². The maximum Gasteiger partial charge on any atom is 0.335 e. The van der Waals surface area contributed by atoms with Crippen molar-refractivity contribution in [2.75, 3.05) is 0 Å². The van der Waals surface area contributed by atoms with E-state index in [0.717, 1.165) is 50.4 Å². The molecule has 1 aliphatic heterocycles. The van der Waals surface area contributed by atoms with Gasteiger partial charge in [0.05, 0.1) is 6.10 Å². The molecule has 1 saturated heterocycles. The second kappa shape index (κ2) is 11.4. The molecular weight excluding hydrogens is 516 g/mol. The third-order valence-corrected chi connectivity index (χ3v) is 12.6. The number of hydrogen-bond donors (Lipinski definition) is 5. The Morgan fingerprint density at radius 1 is 0.900 bits per heavy atom. The van der Waals surface area contributed by atoms with Crippen LogP contribution in [-0.4, -0.2) is 74.3 Å². The topological polar surface area (TPSA) is 154 Å². The van der Waals surface area contributed by atoms with Crippen LogP contribution >= 0.6 is 0 Å². The molecule has 0 spiro atoms. The van der Waals surface area contributed by atoms with Gasteiger partial charge in [-0.1, -0.05) is 20.8 Å². The average molecular weight is 567 g/mol. The Kier molecular flexibility index (Phi) is 8.64. The van der Waals surface area contributed by atoms with E-state index in [9.17, 15) is 30.0 Å². The van der Waals surface area contributed by atoms with Crippen LogP contribution in [0.15, 0.2) is 0 Å². The number of carboxylic acid groups (broad SMARTS) is 2. The van der Waals surface area contributed by atoms with Crippen LogP contribution in [0.25, 0.3) is 0 Å². The van der Waals surface area contributed by atoms with Crippen molar-refractivity contribution in [3.8, 4) is 0 Å². The first kappa shape index (κ1) is 30.2. The second-order valence-electron chi connectivity index (χ2n) is 14.4. The van der Waals surface area contributed by atoms with Crippen molar-refractivity contribution >= 4 is 11.9 Å². The van der Waals surface area contributed by atoms with Gasteiger partial charge in [-0.15, -0.1) is 0 Å². The summed E-state index contributed by atoms with van der Waals surface area (Å²) in [6.07, 6.45) is 4.07. The lowest BCUT2D eigenvalue weighted by atomic mass is 9.44. The number of aliphatic hydroxyl groups is 3. The van der Waals surface area contributed by atoms with E-state index in [2.05, 4.69) is 20.8 Å². The number of carboxylic acids is 2. The Morgan fingerprint density at radius 2 is 1.60 bits per heavy atom. The third-order valence-electron chi connectivity index (χ3n) is 12.6. The normalized spacial score (nSPS) is 49.4. The van der Waals surface area contributed by atoms with Gasteiger partial charge in [0.2, 0.25) is 0 Å². The quantitative estimate of drug-likeness (QED) is 0.276. The molecule has 9 nitrogen and oxygen atoms in total. The predicted octanol–water partition coefficient (Wildman–Crippen LogP) is 3.81. The van der Waals surface area contributed by atoms with Crippen LogP contribution < -0.4 is 0 Å². The number of aliphatic hydroxyl groups excluding tert-OH is 3. The smallest absolute Gasteiger partial charge is 0.335 e. The van der Waals surface area contributed by atoms with Crippen molar-refractivity contribution in [3.05, 3.63) is 0 Å². The van der Waals surface area contributed by atoms with Crippen molar-refractivity contribution in [2.24, 2.45) is 46.3 Å². The van der Waals surface area contributed by atoms with Crippen LogP contribution in [0.4, 0.5) is 0 Å². The minimum absolute atomic E-state index is 0.192. The molecule has 40 heavy (non-hydrogen) atoms. The Morgan fingerprint density at radius 3 is 2.30 bits per heavy atom. The standard InChI is InChI=1S/C31H50O9/c1-16(5-4-6-23(32)33)20-9-10-21-19-8-7-17-15-18(11-13-30(17,2)22(19)12-14-31(20,21)3)39-29-26(36)24(34)25(35)27(40-29)28(37)38/h16-22,24-27,29,34-36H,4-15H2,1-3H3,(H,32,33)(H,37,38)/t16-,17-,18-,19+,20-,21+,22+,24+,25+,26-,27+,29-,30+,31-/m1/s1. The van der Waals surface area contributed by atoms with E-state index in [0.29, 0.717) is 29.1 Å². The summed E-state index contributed by atoms with van der Waals surface area (Å²) in [4.78, 5) is 22.5. The molecule has 0 unspecified atom stereocenters. The zero-order chi connectivity index (χ0) is 29.0. The monoisotopic (exact) mass is 566 g/mol. The fourth-order valence-corrected chi connectivity index (χ4v) is 10.4. The van der Waals surface area contributed by atoms with Crippen LogP contribution in [0.3, 0.4) is 0 Å². The number of ether oxygens (including phenoxy) is 2. The highest BCUT2D eigenvalue weighted by Gasteiger charge is 2.61. The summed E-state index contributed by atoms with van der Waals surface area (Å²) in [5.74, 6) is 1.76. The van der Waals surface area contributed by atoms with Crippen LogP contribution in [0.1, 0.15) is 97.8 Å². The number of carbonyl (C=O) groups is 2. The summed E-state index contributed by atoms with van der Waals surface area (Å²) in [5.41, 5.74) is 0.564. The molecule has 5 fully saturated rings. The molecule has 9 heteroatoms. The maximum absolute atomic E-state index is 11.5. The molecule has 0 aromatic carbocycles. The van der Waals surface area contributed by atoms with E-state index >= 15 is 0 Å². The van der Waals surface area contributed by atoms with Crippen LogP contribution in [0.2, 0.25) is 0 Å². The van der Waals surface area contributed by atoms with E-state index in [1.807, 2.05) is 0 Å². The first-order valence-electron chi connectivity index (χ1n) is 15.7. The van der Waals surface area contributed by atoms with Gasteiger partial charge in [-0.25, -0.2) is 4.79 Å². The molecule has 228 valence electrons. The summed E-state index contributed by atoms with van der Waals surface area (Å²) in [7, 11) is 0. The van der Waals surface area contributed by atoms with Crippen molar-refractivity contribution in [2.45, 2.75) is 135 Å². The molecule has 1 heterocycles. The molecule has 0 bridgehead atoms. The largest absolute Gasteiger partial charge is 0.481 e. The summed E-state index contributed by atoms with van der Waals surface area (Å²) >= 11 is 0. The van der Waals surface area contributed by atoms with Crippen molar-refractivity contribution in [1.82, 2.24) is 0 Å². The third kappa shape index (κ3) is 5.23. The number of aliphatic carboxylic acids is 2. The number of rotatable bonds is 8.